The first kappa shape index (κ1) is 17.3. The maximum absolute atomic E-state index is 10.7. The minimum Gasteiger partial charge on any atom is -0.386 e. The zero-order chi connectivity index (χ0) is 17.5. The van der Waals surface area contributed by atoms with E-state index in [0.717, 1.165) is 44.2 Å². The molecule has 1 N–H and O–H groups in total. The molecule has 1 aromatic rings. The van der Waals surface area contributed by atoms with Crippen LogP contribution in [0.25, 0.3) is 0 Å². The summed E-state index contributed by atoms with van der Waals surface area (Å²) >= 11 is 0. The summed E-state index contributed by atoms with van der Waals surface area (Å²) < 4.78 is 0. The van der Waals surface area contributed by atoms with Gasteiger partial charge < -0.3 is 10.0 Å². The summed E-state index contributed by atoms with van der Waals surface area (Å²) in [4.78, 5) is 2.38. The number of aliphatic hydroxyl groups is 1. The number of anilines is 1. The Bertz CT molecular complexity index is 632. The standard InChI is InChI=1S/C22H31NO/c1-16(2)19-6-8-20(9-7-19)23-15-14-21(18(23)5)10-12-22(24,13-11-21)17(3)4/h6-9,16,24H,3,5,10-15H2,1-2,4H3. The third-order valence-corrected chi connectivity index (χ3v) is 6.45. The summed E-state index contributed by atoms with van der Waals surface area (Å²) in [6, 6.07) is 8.93. The molecule has 2 heteroatoms. The molecule has 0 radical (unpaired) electrons. The Labute approximate surface area is 146 Å². The largest absolute Gasteiger partial charge is 0.386 e. The lowest BCUT2D eigenvalue weighted by molar-refractivity contribution is 0.00760. The third-order valence-electron chi connectivity index (χ3n) is 6.45. The Morgan fingerprint density at radius 1 is 1.08 bits per heavy atom. The fourth-order valence-corrected chi connectivity index (χ4v) is 4.32. The summed E-state index contributed by atoms with van der Waals surface area (Å²) in [6.45, 7) is 15.9. The van der Waals surface area contributed by atoms with Crippen LogP contribution in [-0.4, -0.2) is 17.3 Å². The molecule has 130 valence electrons. The number of benzene rings is 1. The summed E-state index contributed by atoms with van der Waals surface area (Å²) in [5, 5.41) is 10.7. The Morgan fingerprint density at radius 3 is 2.17 bits per heavy atom. The molecule has 24 heavy (non-hydrogen) atoms. The summed E-state index contributed by atoms with van der Waals surface area (Å²) in [5.74, 6) is 0.560. The number of hydrogen-bond acceptors (Lipinski definition) is 2. The van der Waals surface area contributed by atoms with Gasteiger partial charge in [0, 0.05) is 23.3 Å². The van der Waals surface area contributed by atoms with Gasteiger partial charge in [-0.2, -0.15) is 0 Å². The van der Waals surface area contributed by atoms with Gasteiger partial charge >= 0.3 is 0 Å². The molecule has 2 aliphatic rings. The second-order valence-electron chi connectivity index (χ2n) is 8.19. The van der Waals surface area contributed by atoms with Crippen LogP contribution >= 0.6 is 0 Å². The molecule has 2 nitrogen and oxygen atoms in total. The van der Waals surface area contributed by atoms with Crippen LogP contribution in [0.1, 0.15) is 64.4 Å². The minimum absolute atomic E-state index is 0.165. The first-order valence-corrected chi connectivity index (χ1v) is 9.23. The fourth-order valence-electron chi connectivity index (χ4n) is 4.32. The minimum atomic E-state index is -0.669. The van der Waals surface area contributed by atoms with Crippen molar-refractivity contribution in [1.29, 1.82) is 0 Å². The highest BCUT2D eigenvalue weighted by Gasteiger charge is 2.48. The van der Waals surface area contributed by atoms with Gasteiger partial charge in [0.2, 0.25) is 0 Å². The van der Waals surface area contributed by atoms with Crippen LogP contribution in [-0.2, 0) is 0 Å². The monoisotopic (exact) mass is 325 g/mol. The lowest BCUT2D eigenvalue weighted by Gasteiger charge is -2.43. The van der Waals surface area contributed by atoms with E-state index in [9.17, 15) is 5.11 Å². The first-order valence-electron chi connectivity index (χ1n) is 9.23. The van der Waals surface area contributed by atoms with E-state index < -0.39 is 5.60 Å². The van der Waals surface area contributed by atoms with Gasteiger partial charge in [0.1, 0.15) is 0 Å². The molecule has 1 aromatic carbocycles. The lowest BCUT2D eigenvalue weighted by Crippen LogP contribution is -2.40. The van der Waals surface area contributed by atoms with Crippen molar-refractivity contribution >= 4 is 5.69 Å². The highest BCUT2D eigenvalue weighted by atomic mass is 16.3. The van der Waals surface area contributed by atoms with Crippen molar-refractivity contribution in [2.75, 3.05) is 11.4 Å². The van der Waals surface area contributed by atoms with Crippen molar-refractivity contribution in [3.05, 3.63) is 54.3 Å². The maximum atomic E-state index is 10.7. The van der Waals surface area contributed by atoms with Crippen molar-refractivity contribution in [2.24, 2.45) is 5.41 Å². The smallest absolute Gasteiger partial charge is 0.0852 e. The van der Waals surface area contributed by atoms with E-state index in [1.54, 1.807) is 0 Å². The van der Waals surface area contributed by atoms with Crippen molar-refractivity contribution < 1.29 is 5.11 Å². The lowest BCUT2D eigenvalue weighted by atomic mass is 9.65. The number of hydrogen-bond donors (Lipinski definition) is 1. The molecule has 3 rings (SSSR count). The summed E-state index contributed by atoms with van der Waals surface area (Å²) in [5.41, 5.74) is 4.27. The highest BCUT2D eigenvalue weighted by Crippen LogP contribution is 2.54. The van der Waals surface area contributed by atoms with Crippen molar-refractivity contribution in [2.45, 2.75) is 64.4 Å². The maximum Gasteiger partial charge on any atom is 0.0852 e. The van der Waals surface area contributed by atoms with Crippen LogP contribution in [0.15, 0.2) is 48.7 Å². The second-order valence-corrected chi connectivity index (χ2v) is 8.19. The second kappa shape index (κ2) is 6.07. The Hall–Kier alpha value is -1.54. The van der Waals surface area contributed by atoms with Gasteiger partial charge in [0.15, 0.2) is 0 Å². The summed E-state index contributed by atoms with van der Waals surface area (Å²) in [6.07, 6.45) is 4.78. The quantitative estimate of drug-likeness (QED) is 0.752. The van der Waals surface area contributed by atoms with Crippen molar-refractivity contribution in [1.82, 2.24) is 0 Å². The van der Waals surface area contributed by atoms with E-state index >= 15 is 0 Å². The van der Waals surface area contributed by atoms with E-state index in [-0.39, 0.29) is 5.41 Å². The first-order chi connectivity index (χ1) is 11.3. The Morgan fingerprint density at radius 2 is 1.67 bits per heavy atom. The van der Waals surface area contributed by atoms with Crippen LogP contribution in [0.3, 0.4) is 0 Å². The number of allylic oxidation sites excluding steroid dienone is 1. The third kappa shape index (κ3) is 2.82. The molecule has 1 aliphatic carbocycles. The van der Waals surface area contributed by atoms with Gasteiger partial charge in [0.25, 0.3) is 0 Å². The molecule has 0 aromatic heterocycles. The van der Waals surface area contributed by atoms with Crippen LogP contribution in [0.5, 0.6) is 0 Å². The van der Waals surface area contributed by atoms with E-state index in [0.29, 0.717) is 5.92 Å². The van der Waals surface area contributed by atoms with E-state index in [2.05, 4.69) is 56.2 Å². The van der Waals surface area contributed by atoms with E-state index in [1.165, 1.54) is 16.9 Å². The molecule has 1 saturated carbocycles. The van der Waals surface area contributed by atoms with Gasteiger partial charge in [-0.15, -0.1) is 0 Å². The molecular formula is C22H31NO. The zero-order valence-electron chi connectivity index (χ0n) is 15.4. The average Bonchev–Trinajstić information content (AvgIpc) is 2.87. The molecule has 0 bridgehead atoms. The predicted molar refractivity (Wildman–Crippen MR) is 102 cm³/mol. The van der Waals surface area contributed by atoms with Crippen LogP contribution in [0, 0.1) is 5.41 Å². The normalized spacial score (nSPS) is 30.4. The zero-order valence-corrected chi connectivity index (χ0v) is 15.4. The molecule has 2 fully saturated rings. The van der Waals surface area contributed by atoms with Crippen LogP contribution in [0.2, 0.25) is 0 Å². The fraction of sp³-hybridized carbons (Fsp3) is 0.545. The molecule has 1 heterocycles. The molecule has 1 spiro atoms. The van der Waals surface area contributed by atoms with E-state index in [1.807, 2.05) is 6.92 Å². The van der Waals surface area contributed by atoms with Gasteiger partial charge in [-0.3, -0.25) is 0 Å². The molecule has 0 amide bonds. The van der Waals surface area contributed by atoms with Crippen LogP contribution < -0.4 is 4.90 Å². The van der Waals surface area contributed by atoms with Crippen LogP contribution in [0.4, 0.5) is 5.69 Å². The van der Waals surface area contributed by atoms with Gasteiger partial charge in [0.05, 0.1) is 5.60 Å². The predicted octanol–water partition coefficient (Wildman–Crippen LogP) is 5.40. The van der Waals surface area contributed by atoms with Gasteiger partial charge in [-0.25, -0.2) is 0 Å². The molecule has 0 unspecified atom stereocenters. The average molecular weight is 325 g/mol. The SMILES string of the molecule is C=C(C)C1(O)CCC2(CCN(c3ccc(C(C)C)cc3)C2=C)CC1. The topological polar surface area (TPSA) is 23.5 Å². The summed E-state index contributed by atoms with van der Waals surface area (Å²) in [7, 11) is 0. The Balaban J connectivity index is 1.75. The molecule has 0 atom stereocenters. The Kier molecular flexibility index (Phi) is 4.37. The molecular weight excluding hydrogens is 294 g/mol. The molecule has 1 saturated heterocycles. The highest BCUT2D eigenvalue weighted by molar-refractivity contribution is 5.56. The number of nitrogens with zero attached hydrogens (tertiary/aromatic N) is 1. The van der Waals surface area contributed by atoms with Crippen molar-refractivity contribution in [3.63, 3.8) is 0 Å². The van der Waals surface area contributed by atoms with Crippen molar-refractivity contribution in [3.8, 4) is 0 Å². The van der Waals surface area contributed by atoms with Gasteiger partial charge in [-0.1, -0.05) is 39.1 Å². The van der Waals surface area contributed by atoms with E-state index in [4.69, 9.17) is 0 Å². The number of rotatable bonds is 3. The molecule has 1 aliphatic heterocycles. The van der Waals surface area contributed by atoms with Gasteiger partial charge in [-0.05, 0) is 68.2 Å².